The second kappa shape index (κ2) is 4.60. The summed E-state index contributed by atoms with van der Waals surface area (Å²) in [7, 11) is 0. The van der Waals surface area contributed by atoms with Gasteiger partial charge >= 0.3 is 0 Å². The van der Waals surface area contributed by atoms with Crippen molar-refractivity contribution in [3.05, 3.63) is 15.6 Å². The van der Waals surface area contributed by atoms with Crippen molar-refractivity contribution in [2.45, 2.75) is 38.6 Å². The molecule has 1 aromatic heterocycles. The van der Waals surface area contributed by atoms with Crippen molar-refractivity contribution >= 4 is 11.3 Å². The van der Waals surface area contributed by atoms with Gasteiger partial charge in [-0.3, -0.25) is 0 Å². The number of aromatic nitrogens is 1. The Labute approximate surface area is 94.7 Å². The molecule has 1 atom stereocenters. The molecular formula is C11H18N2OS. The Bertz CT molecular complexity index is 329. The van der Waals surface area contributed by atoms with Crippen molar-refractivity contribution in [2.24, 2.45) is 5.73 Å². The molecule has 0 spiro atoms. The molecule has 1 aromatic rings. The molecule has 0 amide bonds. The molecule has 1 saturated heterocycles. The van der Waals surface area contributed by atoms with Crippen molar-refractivity contribution in [3.8, 4) is 0 Å². The lowest BCUT2D eigenvalue weighted by Crippen LogP contribution is -2.00. The number of nitrogens with two attached hydrogens (primary N) is 1. The summed E-state index contributed by atoms with van der Waals surface area (Å²) >= 11 is 1.77. The van der Waals surface area contributed by atoms with Crippen molar-refractivity contribution in [1.29, 1.82) is 0 Å². The van der Waals surface area contributed by atoms with Crippen molar-refractivity contribution in [2.75, 3.05) is 13.2 Å². The van der Waals surface area contributed by atoms with Crippen LogP contribution < -0.4 is 5.73 Å². The summed E-state index contributed by atoms with van der Waals surface area (Å²) in [6.07, 6.45) is 1.11. The Hall–Kier alpha value is -0.450. The lowest BCUT2D eigenvalue weighted by Gasteiger charge is -2.02. The smallest absolute Gasteiger partial charge is 0.0986 e. The van der Waals surface area contributed by atoms with Gasteiger partial charge in [0.05, 0.1) is 17.3 Å². The average molecular weight is 226 g/mol. The highest BCUT2D eigenvalue weighted by Gasteiger charge is 2.23. The number of rotatable bonds is 3. The molecule has 1 fully saturated rings. The molecule has 15 heavy (non-hydrogen) atoms. The van der Waals surface area contributed by atoms with Crippen LogP contribution >= 0.6 is 11.3 Å². The van der Waals surface area contributed by atoms with Gasteiger partial charge in [0.1, 0.15) is 0 Å². The molecule has 3 nitrogen and oxygen atoms in total. The van der Waals surface area contributed by atoms with Gasteiger partial charge in [0.25, 0.3) is 0 Å². The molecular weight excluding hydrogens is 208 g/mol. The largest absolute Gasteiger partial charge is 0.381 e. The highest BCUT2D eigenvalue weighted by atomic mass is 32.1. The maximum absolute atomic E-state index is 5.74. The molecule has 0 aliphatic carbocycles. The third-order valence-electron chi connectivity index (χ3n) is 2.76. The van der Waals surface area contributed by atoms with Crippen LogP contribution in [0.4, 0.5) is 0 Å². The van der Waals surface area contributed by atoms with Gasteiger partial charge in [-0.05, 0) is 12.3 Å². The highest BCUT2D eigenvalue weighted by Crippen LogP contribution is 2.33. The molecule has 84 valence electrons. The maximum Gasteiger partial charge on any atom is 0.0986 e. The first-order chi connectivity index (χ1) is 7.22. The van der Waals surface area contributed by atoms with E-state index in [1.807, 2.05) is 0 Å². The summed E-state index contributed by atoms with van der Waals surface area (Å²) in [6, 6.07) is 0. The summed E-state index contributed by atoms with van der Waals surface area (Å²) in [5, 5.41) is 1.22. The lowest BCUT2D eigenvalue weighted by atomic mass is 10.1. The van der Waals surface area contributed by atoms with E-state index >= 15 is 0 Å². The summed E-state index contributed by atoms with van der Waals surface area (Å²) in [5.74, 6) is 0.976. The fraction of sp³-hybridized carbons (Fsp3) is 0.727. The minimum absolute atomic E-state index is 0.468. The van der Waals surface area contributed by atoms with Crippen LogP contribution in [0, 0.1) is 0 Å². The summed E-state index contributed by atoms with van der Waals surface area (Å²) < 4.78 is 5.39. The van der Waals surface area contributed by atoms with Gasteiger partial charge in [-0.15, -0.1) is 11.3 Å². The average Bonchev–Trinajstić information content (AvgIpc) is 2.86. The minimum Gasteiger partial charge on any atom is -0.381 e. The van der Waals surface area contributed by atoms with E-state index in [0.717, 1.165) is 19.6 Å². The molecule has 0 radical (unpaired) electrons. The van der Waals surface area contributed by atoms with Gasteiger partial charge in [-0.25, -0.2) is 4.98 Å². The van der Waals surface area contributed by atoms with Crippen LogP contribution in [0.2, 0.25) is 0 Å². The summed E-state index contributed by atoms with van der Waals surface area (Å²) in [5.41, 5.74) is 6.92. The Morgan fingerprint density at radius 1 is 1.60 bits per heavy atom. The number of hydrogen-bond acceptors (Lipinski definition) is 4. The first-order valence-electron chi connectivity index (χ1n) is 5.49. The minimum atomic E-state index is 0.468. The van der Waals surface area contributed by atoms with Gasteiger partial charge in [0.2, 0.25) is 0 Å². The monoisotopic (exact) mass is 226 g/mol. The molecule has 1 aliphatic rings. The Balaban J connectivity index is 2.25. The van der Waals surface area contributed by atoms with E-state index < -0.39 is 0 Å². The van der Waals surface area contributed by atoms with Crippen molar-refractivity contribution in [1.82, 2.24) is 4.98 Å². The summed E-state index contributed by atoms with van der Waals surface area (Å²) in [6.45, 7) is 6.65. The molecule has 4 heteroatoms. The van der Waals surface area contributed by atoms with E-state index in [2.05, 4.69) is 13.8 Å². The third-order valence-corrected chi connectivity index (χ3v) is 4.01. The number of ether oxygens (including phenoxy) is 1. The van der Waals surface area contributed by atoms with E-state index in [1.54, 1.807) is 11.3 Å². The standard InChI is InChI=1S/C11H18N2OS/c1-7(2)10-9(5-12)15-11(13-10)8-3-4-14-6-8/h7-8H,3-6,12H2,1-2H3. The molecule has 1 unspecified atom stereocenters. The van der Waals surface area contributed by atoms with E-state index in [0.29, 0.717) is 18.4 Å². The van der Waals surface area contributed by atoms with Gasteiger partial charge in [0, 0.05) is 23.9 Å². The fourth-order valence-electron chi connectivity index (χ4n) is 1.88. The first-order valence-corrected chi connectivity index (χ1v) is 6.31. The third kappa shape index (κ3) is 2.22. The zero-order valence-corrected chi connectivity index (χ0v) is 10.1. The Morgan fingerprint density at radius 2 is 2.40 bits per heavy atom. The highest BCUT2D eigenvalue weighted by molar-refractivity contribution is 7.11. The van der Waals surface area contributed by atoms with E-state index in [9.17, 15) is 0 Å². The predicted molar refractivity (Wildman–Crippen MR) is 62.3 cm³/mol. The normalized spacial score (nSPS) is 21.5. The van der Waals surface area contributed by atoms with Crippen LogP contribution in [0.25, 0.3) is 0 Å². The Kier molecular flexibility index (Phi) is 3.38. The summed E-state index contributed by atoms with van der Waals surface area (Å²) in [4.78, 5) is 5.96. The van der Waals surface area contributed by atoms with E-state index in [4.69, 9.17) is 15.5 Å². The van der Waals surface area contributed by atoms with Crippen LogP contribution in [0.1, 0.15) is 47.7 Å². The second-order valence-electron chi connectivity index (χ2n) is 4.28. The molecule has 2 heterocycles. The zero-order valence-electron chi connectivity index (χ0n) is 9.32. The van der Waals surface area contributed by atoms with Crippen LogP contribution in [-0.4, -0.2) is 18.2 Å². The predicted octanol–water partition coefficient (Wildman–Crippen LogP) is 2.23. The molecule has 0 aromatic carbocycles. The molecule has 1 aliphatic heterocycles. The molecule has 2 N–H and O–H groups in total. The SMILES string of the molecule is CC(C)c1nc(C2CCOC2)sc1CN. The van der Waals surface area contributed by atoms with Gasteiger partial charge in [-0.2, -0.15) is 0 Å². The van der Waals surface area contributed by atoms with Crippen LogP contribution in [0.15, 0.2) is 0 Å². The van der Waals surface area contributed by atoms with Gasteiger partial charge in [-0.1, -0.05) is 13.8 Å². The van der Waals surface area contributed by atoms with Crippen molar-refractivity contribution in [3.63, 3.8) is 0 Å². The van der Waals surface area contributed by atoms with Crippen LogP contribution in [0.5, 0.6) is 0 Å². The van der Waals surface area contributed by atoms with Gasteiger partial charge in [0.15, 0.2) is 0 Å². The quantitative estimate of drug-likeness (QED) is 0.859. The second-order valence-corrected chi connectivity index (χ2v) is 5.40. The number of nitrogens with zero attached hydrogens (tertiary/aromatic N) is 1. The fourth-order valence-corrected chi connectivity index (χ4v) is 3.10. The van der Waals surface area contributed by atoms with E-state index in [-0.39, 0.29) is 0 Å². The van der Waals surface area contributed by atoms with E-state index in [1.165, 1.54) is 15.6 Å². The zero-order chi connectivity index (χ0) is 10.8. The molecule has 2 rings (SSSR count). The first kappa shape index (κ1) is 11.0. The lowest BCUT2D eigenvalue weighted by molar-refractivity contribution is 0.194. The Morgan fingerprint density at radius 3 is 2.87 bits per heavy atom. The van der Waals surface area contributed by atoms with Crippen LogP contribution in [0.3, 0.4) is 0 Å². The van der Waals surface area contributed by atoms with Gasteiger partial charge < -0.3 is 10.5 Å². The topological polar surface area (TPSA) is 48.1 Å². The molecule has 0 bridgehead atoms. The van der Waals surface area contributed by atoms with Crippen molar-refractivity contribution < 1.29 is 4.74 Å². The molecule has 0 saturated carbocycles. The number of hydrogen-bond donors (Lipinski definition) is 1. The van der Waals surface area contributed by atoms with Crippen LogP contribution in [-0.2, 0) is 11.3 Å². The maximum atomic E-state index is 5.74. The number of thiazole rings is 1.